The van der Waals surface area contributed by atoms with Gasteiger partial charge in [0.25, 0.3) is 5.91 Å². The summed E-state index contributed by atoms with van der Waals surface area (Å²) in [5.74, 6) is -2.13. The van der Waals surface area contributed by atoms with Gasteiger partial charge in [0.15, 0.2) is 0 Å². The normalized spacial score (nSPS) is 27.0. The van der Waals surface area contributed by atoms with Crippen LogP contribution in [0, 0.1) is 11.7 Å². The van der Waals surface area contributed by atoms with E-state index in [4.69, 9.17) is 4.74 Å². The lowest BCUT2D eigenvalue weighted by molar-refractivity contribution is -0.142. The molecule has 0 aliphatic carbocycles. The SMILES string of the molecule is COc1ccc(C(=O)N2C3CCC2C(C(=O)O)C3)c(F)c1. The van der Waals surface area contributed by atoms with Crippen molar-refractivity contribution in [3.8, 4) is 5.75 Å². The molecule has 5 nitrogen and oxygen atoms in total. The summed E-state index contributed by atoms with van der Waals surface area (Å²) in [5.41, 5.74) is -0.0289. The van der Waals surface area contributed by atoms with Gasteiger partial charge in [-0.25, -0.2) is 4.39 Å². The van der Waals surface area contributed by atoms with Crippen LogP contribution in [0.1, 0.15) is 29.6 Å². The van der Waals surface area contributed by atoms with E-state index in [0.29, 0.717) is 18.6 Å². The second kappa shape index (κ2) is 5.02. The molecule has 2 bridgehead atoms. The maximum atomic E-state index is 14.0. The number of carboxylic acid groups (broad SMARTS) is 1. The predicted molar refractivity (Wildman–Crippen MR) is 71.7 cm³/mol. The van der Waals surface area contributed by atoms with Gasteiger partial charge in [-0.3, -0.25) is 9.59 Å². The molecule has 0 aromatic heterocycles. The number of benzene rings is 1. The summed E-state index contributed by atoms with van der Waals surface area (Å²) < 4.78 is 18.9. The molecule has 3 rings (SSSR count). The van der Waals surface area contributed by atoms with E-state index in [2.05, 4.69) is 0 Å². The summed E-state index contributed by atoms with van der Waals surface area (Å²) in [6.45, 7) is 0. The molecule has 1 aromatic rings. The zero-order valence-corrected chi connectivity index (χ0v) is 11.6. The van der Waals surface area contributed by atoms with Crippen LogP contribution in [-0.2, 0) is 4.79 Å². The van der Waals surface area contributed by atoms with Crippen LogP contribution in [0.25, 0.3) is 0 Å². The van der Waals surface area contributed by atoms with Crippen LogP contribution >= 0.6 is 0 Å². The molecule has 6 heteroatoms. The van der Waals surface area contributed by atoms with Crippen LogP contribution < -0.4 is 4.74 Å². The topological polar surface area (TPSA) is 66.8 Å². The number of carbonyl (C=O) groups is 2. The minimum atomic E-state index is -0.879. The van der Waals surface area contributed by atoms with E-state index in [1.54, 1.807) is 4.90 Å². The van der Waals surface area contributed by atoms with Crippen molar-refractivity contribution >= 4 is 11.9 Å². The Hall–Kier alpha value is -2.11. The van der Waals surface area contributed by atoms with Gasteiger partial charge in [-0.1, -0.05) is 0 Å². The van der Waals surface area contributed by atoms with E-state index in [-0.39, 0.29) is 17.6 Å². The van der Waals surface area contributed by atoms with Gasteiger partial charge in [0.05, 0.1) is 18.6 Å². The van der Waals surface area contributed by atoms with E-state index < -0.39 is 23.6 Å². The van der Waals surface area contributed by atoms with E-state index >= 15 is 0 Å². The Balaban J connectivity index is 1.88. The van der Waals surface area contributed by atoms with Crippen molar-refractivity contribution in [3.63, 3.8) is 0 Å². The lowest BCUT2D eigenvalue weighted by Gasteiger charge is -2.23. The van der Waals surface area contributed by atoms with Gasteiger partial charge in [-0.15, -0.1) is 0 Å². The lowest BCUT2D eigenvalue weighted by Crippen LogP contribution is -2.38. The molecule has 2 heterocycles. The average Bonchev–Trinajstić information content (AvgIpc) is 3.04. The maximum absolute atomic E-state index is 14.0. The van der Waals surface area contributed by atoms with E-state index in [1.165, 1.54) is 25.3 Å². The third-order valence-corrected chi connectivity index (χ3v) is 4.50. The molecule has 0 radical (unpaired) electrons. The number of hydrogen-bond acceptors (Lipinski definition) is 3. The first-order valence-electron chi connectivity index (χ1n) is 6.92. The fraction of sp³-hybridized carbons (Fsp3) is 0.467. The number of hydrogen-bond donors (Lipinski definition) is 1. The third-order valence-electron chi connectivity index (χ3n) is 4.50. The Labute approximate surface area is 121 Å². The number of rotatable bonds is 3. The molecule has 3 atom stereocenters. The molecule has 2 fully saturated rings. The van der Waals surface area contributed by atoms with Gasteiger partial charge < -0.3 is 14.7 Å². The number of fused-ring (bicyclic) bond motifs is 2. The zero-order valence-electron chi connectivity index (χ0n) is 11.6. The van der Waals surface area contributed by atoms with Crippen molar-refractivity contribution in [3.05, 3.63) is 29.6 Å². The number of carboxylic acids is 1. The van der Waals surface area contributed by atoms with Crippen molar-refractivity contribution in [1.29, 1.82) is 0 Å². The highest BCUT2D eigenvalue weighted by molar-refractivity contribution is 5.96. The number of methoxy groups -OCH3 is 1. The lowest BCUT2D eigenvalue weighted by atomic mass is 9.89. The smallest absolute Gasteiger partial charge is 0.308 e. The number of halogens is 1. The summed E-state index contributed by atoms with van der Waals surface area (Å²) in [6.07, 6.45) is 1.92. The van der Waals surface area contributed by atoms with Crippen molar-refractivity contribution in [2.24, 2.45) is 5.92 Å². The van der Waals surface area contributed by atoms with Crippen LogP contribution in [0.2, 0.25) is 0 Å². The van der Waals surface area contributed by atoms with Gasteiger partial charge in [0.2, 0.25) is 0 Å². The fourth-order valence-corrected chi connectivity index (χ4v) is 3.51. The van der Waals surface area contributed by atoms with Gasteiger partial charge in [-0.05, 0) is 31.4 Å². The highest BCUT2D eigenvalue weighted by Gasteiger charge is 2.51. The summed E-state index contributed by atoms with van der Waals surface area (Å²) in [4.78, 5) is 25.3. The first-order chi connectivity index (χ1) is 10.0. The molecule has 2 aliphatic heterocycles. The number of carbonyl (C=O) groups excluding carboxylic acids is 1. The predicted octanol–water partition coefficient (Wildman–Crippen LogP) is 1.91. The quantitative estimate of drug-likeness (QED) is 0.924. The molecule has 1 aromatic carbocycles. The van der Waals surface area contributed by atoms with Crippen LogP contribution in [0.5, 0.6) is 5.75 Å². The van der Waals surface area contributed by atoms with Crippen LogP contribution in [0.15, 0.2) is 18.2 Å². The Morgan fingerprint density at radius 2 is 2.14 bits per heavy atom. The standard InChI is InChI=1S/C15H16FNO4/c1-21-9-3-4-10(12(16)7-9)14(18)17-8-2-5-13(17)11(6-8)15(19)20/h3-4,7-8,11,13H,2,5-6H2,1H3,(H,19,20). The highest BCUT2D eigenvalue weighted by Crippen LogP contribution is 2.42. The molecule has 112 valence electrons. The van der Waals surface area contributed by atoms with Crippen LogP contribution in [0.4, 0.5) is 4.39 Å². The molecule has 0 saturated carbocycles. The van der Waals surface area contributed by atoms with Crippen molar-refractivity contribution in [2.45, 2.75) is 31.3 Å². The number of ether oxygens (including phenoxy) is 1. The molecule has 1 amide bonds. The number of nitrogens with zero attached hydrogens (tertiary/aromatic N) is 1. The largest absolute Gasteiger partial charge is 0.497 e. The number of amides is 1. The van der Waals surface area contributed by atoms with Crippen LogP contribution in [0.3, 0.4) is 0 Å². The summed E-state index contributed by atoms with van der Waals surface area (Å²) in [5, 5.41) is 9.20. The van der Waals surface area contributed by atoms with Crippen molar-refractivity contribution in [2.75, 3.05) is 7.11 Å². The molecule has 3 unspecified atom stereocenters. The van der Waals surface area contributed by atoms with Gasteiger partial charge in [-0.2, -0.15) is 0 Å². The monoisotopic (exact) mass is 293 g/mol. The van der Waals surface area contributed by atoms with Gasteiger partial charge >= 0.3 is 5.97 Å². The maximum Gasteiger partial charge on any atom is 0.308 e. The molecular formula is C15H16FNO4. The van der Waals surface area contributed by atoms with E-state index in [1.807, 2.05) is 0 Å². The Morgan fingerprint density at radius 3 is 2.71 bits per heavy atom. The summed E-state index contributed by atoms with van der Waals surface area (Å²) >= 11 is 0. The summed E-state index contributed by atoms with van der Waals surface area (Å²) in [7, 11) is 1.43. The molecule has 2 saturated heterocycles. The molecule has 21 heavy (non-hydrogen) atoms. The second-order valence-electron chi connectivity index (χ2n) is 5.54. The molecule has 1 N–H and O–H groups in total. The highest BCUT2D eigenvalue weighted by atomic mass is 19.1. The fourth-order valence-electron chi connectivity index (χ4n) is 3.51. The molecular weight excluding hydrogens is 277 g/mol. The Bertz CT molecular complexity index is 603. The summed E-state index contributed by atoms with van der Waals surface area (Å²) in [6, 6.07) is 3.68. The first kappa shape index (κ1) is 13.9. The van der Waals surface area contributed by atoms with E-state index in [9.17, 15) is 19.1 Å². The van der Waals surface area contributed by atoms with Gasteiger partial charge in [0, 0.05) is 18.2 Å². The Morgan fingerprint density at radius 1 is 1.38 bits per heavy atom. The first-order valence-corrected chi connectivity index (χ1v) is 6.92. The zero-order chi connectivity index (χ0) is 15.1. The minimum Gasteiger partial charge on any atom is -0.497 e. The van der Waals surface area contributed by atoms with Crippen molar-refractivity contribution < 1.29 is 23.8 Å². The minimum absolute atomic E-state index is 0.0289. The molecule has 0 spiro atoms. The third kappa shape index (κ3) is 2.14. The average molecular weight is 293 g/mol. The van der Waals surface area contributed by atoms with Gasteiger partial charge in [0.1, 0.15) is 11.6 Å². The number of aliphatic carboxylic acids is 1. The molecule has 2 aliphatic rings. The van der Waals surface area contributed by atoms with Crippen molar-refractivity contribution in [1.82, 2.24) is 4.90 Å². The second-order valence-corrected chi connectivity index (χ2v) is 5.54. The van der Waals surface area contributed by atoms with Crippen LogP contribution in [-0.4, -0.2) is 41.1 Å². The Kier molecular flexibility index (Phi) is 3.31. The van der Waals surface area contributed by atoms with E-state index in [0.717, 1.165) is 6.42 Å².